The van der Waals surface area contributed by atoms with Crippen LogP contribution in [0.1, 0.15) is 290 Å². The van der Waals surface area contributed by atoms with E-state index in [1.807, 2.05) is 0 Å². The number of carbonyl (C=O) groups excluding carboxylic acids is 3. The van der Waals surface area contributed by atoms with Crippen LogP contribution in [-0.4, -0.2) is 37.2 Å². The summed E-state index contributed by atoms with van der Waals surface area (Å²) in [5.41, 5.74) is 0. The third-order valence-electron chi connectivity index (χ3n) is 12.3. The molecule has 0 saturated heterocycles. The standard InChI is InChI=1S/C59H106O6/c1-4-7-10-13-16-19-22-24-26-28-30-32-34-37-40-43-46-49-52-58(61)64-55-56(54-63-57(60)51-48-45-42-39-36-21-18-15-12-9-6-3)65-59(62)53-50-47-44-41-38-35-33-31-29-27-25-23-20-17-14-11-8-5-2/h19-20,22-23,26-29,56H,4-18,21,24-25,30-55H2,1-3H3/b22-19-,23-20-,28-26-,29-27-. The van der Waals surface area contributed by atoms with Crippen LogP contribution in [-0.2, 0) is 28.6 Å². The third-order valence-corrected chi connectivity index (χ3v) is 12.3. The van der Waals surface area contributed by atoms with Crippen LogP contribution in [0.2, 0.25) is 0 Å². The lowest BCUT2D eigenvalue weighted by Gasteiger charge is -2.18. The van der Waals surface area contributed by atoms with Crippen molar-refractivity contribution >= 4 is 17.9 Å². The molecule has 0 bridgehead atoms. The zero-order valence-corrected chi connectivity index (χ0v) is 43.3. The Morgan fingerprint density at radius 3 is 0.862 bits per heavy atom. The molecular weight excluding hydrogens is 805 g/mol. The number of hydrogen-bond donors (Lipinski definition) is 0. The molecule has 0 aromatic carbocycles. The number of ether oxygens (including phenoxy) is 3. The summed E-state index contributed by atoms with van der Waals surface area (Å²) in [5.74, 6) is -0.881. The van der Waals surface area contributed by atoms with Crippen molar-refractivity contribution in [2.24, 2.45) is 0 Å². The molecule has 65 heavy (non-hydrogen) atoms. The predicted molar refractivity (Wildman–Crippen MR) is 279 cm³/mol. The van der Waals surface area contributed by atoms with Crippen molar-refractivity contribution in [3.63, 3.8) is 0 Å². The molecule has 1 atom stereocenters. The molecule has 0 heterocycles. The number of allylic oxidation sites excluding steroid dienone is 8. The van der Waals surface area contributed by atoms with E-state index in [1.54, 1.807) is 0 Å². The van der Waals surface area contributed by atoms with Gasteiger partial charge in [-0.15, -0.1) is 0 Å². The SMILES string of the molecule is CCCCCC/C=C\C/C=C\CCCCCCCCCC(=O)OCC(COC(=O)CCCCCCCCCCCCC)OC(=O)CCCCCCCCC/C=C\C/C=C\CCCCCC. The highest BCUT2D eigenvalue weighted by molar-refractivity contribution is 5.71. The number of rotatable bonds is 51. The molecule has 0 radical (unpaired) electrons. The van der Waals surface area contributed by atoms with Crippen LogP contribution in [0.25, 0.3) is 0 Å². The van der Waals surface area contributed by atoms with E-state index in [4.69, 9.17) is 14.2 Å². The van der Waals surface area contributed by atoms with E-state index in [0.29, 0.717) is 19.3 Å². The highest BCUT2D eigenvalue weighted by atomic mass is 16.6. The Balaban J connectivity index is 4.35. The predicted octanol–water partition coefficient (Wildman–Crippen LogP) is 18.7. The van der Waals surface area contributed by atoms with Gasteiger partial charge in [0, 0.05) is 19.3 Å². The minimum absolute atomic E-state index is 0.0765. The molecule has 0 aromatic rings. The van der Waals surface area contributed by atoms with E-state index in [9.17, 15) is 14.4 Å². The third kappa shape index (κ3) is 52.2. The van der Waals surface area contributed by atoms with Crippen LogP contribution >= 0.6 is 0 Å². The minimum atomic E-state index is -0.778. The second-order valence-corrected chi connectivity index (χ2v) is 18.8. The van der Waals surface area contributed by atoms with Crippen LogP contribution in [0.3, 0.4) is 0 Å². The lowest BCUT2D eigenvalue weighted by Crippen LogP contribution is -2.30. The quantitative estimate of drug-likeness (QED) is 0.0262. The monoisotopic (exact) mass is 911 g/mol. The average molecular weight is 911 g/mol. The van der Waals surface area contributed by atoms with Gasteiger partial charge >= 0.3 is 17.9 Å². The summed E-state index contributed by atoms with van der Waals surface area (Å²) in [5, 5.41) is 0. The molecule has 0 amide bonds. The van der Waals surface area contributed by atoms with E-state index >= 15 is 0 Å². The molecule has 0 saturated carbocycles. The zero-order chi connectivity index (χ0) is 47.2. The van der Waals surface area contributed by atoms with Crippen LogP contribution in [0.5, 0.6) is 0 Å². The van der Waals surface area contributed by atoms with Crippen LogP contribution in [0.15, 0.2) is 48.6 Å². The van der Waals surface area contributed by atoms with E-state index < -0.39 is 6.10 Å². The fourth-order valence-corrected chi connectivity index (χ4v) is 8.03. The number of carbonyl (C=O) groups is 3. The molecule has 0 aliphatic heterocycles. The lowest BCUT2D eigenvalue weighted by atomic mass is 10.1. The van der Waals surface area contributed by atoms with Gasteiger partial charge in [0.1, 0.15) is 13.2 Å². The van der Waals surface area contributed by atoms with Crippen molar-refractivity contribution in [2.75, 3.05) is 13.2 Å². The molecular formula is C59H106O6. The van der Waals surface area contributed by atoms with Gasteiger partial charge in [0.05, 0.1) is 0 Å². The summed E-state index contributed by atoms with van der Waals surface area (Å²) in [6.45, 7) is 6.61. The lowest BCUT2D eigenvalue weighted by molar-refractivity contribution is -0.167. The Hall–Kier alpha value is -2.63. The van der Waals surface area contributed by atoms with Crippen LogP contribution in [0, 0.1) is 0 Å². The Bertz CT molecular complexity index is 1140. The van der Waals surface area contributed by atoms with Gasteiger partial charge in [-0.3, -0.25) is 14.4 Å². The van der Waals surface area contributed by atoms with Crippen molar-refractivity contribution in [2.45, 2.75) is 297 Å². The van der Waals surface area contributed by atoms with Crippen LogP contribution in [0.4, 0.5) is 0 Å². The molecule has 0 rings (SSSR count). The first-order chi connectivity index (χ1) is 32.0. The first-order valence-corrected chi connectivity index (χ1v) is 28.1. The molecule has 0 spiro atoms. The molecule has 0 aliphatic carbocycles. The smallest absolute Gasteiger partial charge is 0.306 e. The van der Waals surface area contributed by atoms with Crippen molar-refractivity contribution < 1.29 is 28.6 Å². The molecule has 6 heteroatoms. The van der Waals surface area contributed by atoms with Crippen molar-refractivity contribution in [1.29, 1.82) is 0 Å². The largest absolute Gasteiger partial charge is 0.462 e. The Kier molecular flexibility index (Phi) is 51.8. The average Bonchev–Trinajstić information content (AvgIpc) is 3.30. The number of hydrogen-bond acceptors (Lipinski definition) is 6. The summed E-state index contributed by atoms with van der Waals surface area (Å²) < 4.78 is 16.8. The van der Waals surface area contributed by atoms with E-state index in [2.05, 4.69) is 69.4 Å². The normalized spacial score (nSPS) is 12.4. The van der Waals surface area contributed by atoms with Crippen LogP contribution < -0.4 is 0 Å². The summed E-state index contributed by atoms with van der Waals surface area (Å²) >= 11 is 0. The van der Waals surface area contributed by atoms with Gasteiger partial charge < -0.3 is 14.2 Å². The van der Waals surface area contributed by atoms with E-state index in [0.717, 1.165) is 83.5 Å². The summed E-state index contributed by atoms with van der Waals surface area (Å²) in [6, 6.07) is 0. The fraction of sp³-hybridized carbons (Fsp3) is 0.814. The molecule has 378 valence electrons. The van der Waals surface area contributed by atoms with Crippen molar-refractivity contribution in [3.8, 4) is 0 Å². The van der Waals surface area contributed by atoms with Crippen molar-refractivity contribution in [3.05, 3.63) is 48.6 Å². The van der Waals surface area contributed by atoms with Gasteiger partial charge in [0.2, 0.25) is 0 Å². The van der Waals surface area contributed by atoms with Gasteiger partial charge in [0.25, 0.3) is 0 Å². The highest BCUT2D eigenvalue weighted by Crippen LogP contribution is 2.15. The maximum absolute atomic E-state index is 12.8. The fourth-order valence-electron chi connectivity index (χ4n) is 8.03. The van der Waals surface area contributed by atoms with Crippen molar-refractivity contribution in [1.82, 2.24) is 0 Å². The van der Waals surface area contributed by atoms with Gasteiger partial charge in [-0.05, 0) is 83.5 Å². The number of unbranched alkanes of at least 4 members (excludes halogenated alkanes) is 32. The summed E-state index contributed by atoms with van der Waals surface area (Å²) in [4.78, 5) is 38.1. The first kappa shape index (κ1) is 62.4. The molecule has 0 aromatic heterocycles. The van der Waals surface area contributed by atoms with E-state index in [1.165, 1.54) is 167 Å². The first-order valence-electron chi connectivity index (χ1n) is 28.1. The molecule has 0 aliphatic rings. The Labute approximate surface area is 403 Å². The van der Waals surface area contributed by atoms with Gasteiger partial charge in [-0.2, -0.15) is 0 Å². The molecule has 0 N–H and O–H groups in total. The van der Waals surface area contributed by atoms with Gasteiger partial charge in [-0.25, -0.2) is 0 Å². The topological polar surface area (TPSA) is 78.9 Å². The molecule has 1 unspecified atom stereocenters. The maximum atomic E-state index is 12.8. The number of esters is 3. The molecule has 6 nitrogen and oxygen atoms in total. The second kappa shape index (κ2) is 54.0. The van der Waals surface area contributed by atoms with E-state index in [-0.39, 0.29) is 31.1 Å². The summed E-state index contributed by atoms with van der Waals surface area (Å²) in [6.07, 6.45) is 65.2. The Morgan fingerprint density at radius 1 is 0.308 bits per heavy atom. The second-order valence-electron chi connectivity index (χ2n) is 18.8. The van der Waals surface area contributed by atoms with Gasteiger partial charge in [-0.1, -0.05) is 236 Å². The summed E-state index contributed by atoms with van der Waals surface area (Å²) in [7, 11) is 0. The zero-order valence-electron chi connectivity index (χ0n) is 43.3. The highest BCUT2D eigenvalue weighted by Gasteiger charge is 2.19. The molecule has 0 fully saturated rings. The Morgan fingerprint density at radius 2 is 0.554 bits per heavy atom. The maximum Gasteiger partial charge on any atom is 0.306 e. The minimum Gasteiger partial charge on any atom is -0.462 e. The van der Waals surface area contributed by atoms with Gasteiger partial charge in [0.15, 0.2) is 6.10 Å².